The molecule has 0 fully saturated rings. The first-order valence-electron chi connectivity index (χ1n) is 4.96. The molecule has 1 N–H and O–H groups in total. The van der Waals surface area contributed by atoms with Crippen LogP contribution < -0.4 is 5.32 Å². The standard InChI is InChI=1S/C12H15ClFN/c1-3-15-8-9(2)6-10-7-11(13)4-5-12(10)14/h4-7,15H,3,8H2,1-2H3/b9-6+. The molecule has 0 saturated heterocycles. The van der Waals surface area contributed by atoms with E-state index in [0.717, 1.165) is 18.7 Å². The van der Waals surface area contributed by atoms with E-state index in [-0.39, 0.29) is 5.82 Å². The Morgan fingerprint density at radius 3 is 2.93 bits per heavy atom. The van der Waals surface area contributed by atoms with Gasteiger partial charge in [-0.25, -0.2) is 4.39 Å². The van der Waals surface area contributed by atoms with Crippen LogP contribution in [0.4, 0.5) is 4.39 Å². The normalized spacial score (nSPS) is 11.9. The van der Waals surface area contributed by atoms with Crippen molar-refractivity contribution >= 4 is 17.7 Å². The minimum atomic E-state index is -0.241. The third-order valence-corrected chi connectivity index (χ3v) is 2.25. The van der Waals surface area contributed by atoms with E-state index in [1.807, 2.05) is 19.9 Å². The second-order valence-corrected chi connectivity index (χ2v) is 3.87. The Balaban J connectivity index is 2.82. The van der Waals surface area contributed by atoms with E-state index in [2.05, 4.69) is 5.32 Å². The van der Waals surface area contributed by atoms with E-state index in [1.54, 1.807) is 12.1 Å². The van der Waals surface area contributed by atoms with Crippen LogP contribution in [0.2, 0.25) is 5.02 Å². The number of likely N-dealkylation sites (N-methyl/N-ethyl adjacent to an activating group) is 1. The van der Waals surface area contributed by atoms with Gasteiger partial charge in [0.15, 0.2) is 0 Å². The van der Waals surface area contributed by atoms with Gasteiger partial charge in [-0.3, -0.25) is 0 Å². The Kier molecular flexibility index (Phi) is 4.79. The first kappa shape index (κ1) is 12.2. The lowest BCUT2D eigenvalue weighted by Gasteiger charge is -2.03. The predicted octanol–water partition coefficient (Wildman–Crippen LogP) is 3.49. The van der Waals surface area contributed by atoms with Crippen molar-refractivity contribution in [3.63, 3.8) is 0 Å². The molecule has 1 rings (SSSR count). The predicted molar refractivity (Wildman–Crippen MR) is 63.6 cm³/mol. The van der Waals surface area contributed by atoms with E-state index in [0.29, 0.717) is 10.6 Å². The number of rotatable bonds is 4. The monoisotopic (exact) mass is 227 g/mol. The van der Waals surface area contributed by atoms with E-state index in [4.69, 9.17) is 11.6 Å². The lowest BCUT2D eigenvalue weighted by molar-refractivity contribution is 0.625. The maximum absolute atomic E-state index is 13.3. The van der Waals surface area contributed by atoms with Crippen LogP contribution in [-0.4, -0.2) is 13.1 Å². The molecular formula is C12H15ClFN. The first-order valence-corrected chi connectivity index (χ1v) is 5.34. The third kappa shape index (κ3) is 4.02. The fourth-order valence-electron chi connectivity index (χ4n) is 1.26. The summed E-state index contributed by atoms with van der Waals surface area (Å²) in [6.07, 6.45) is 1.81. The molecule has 82 valence electrons. The Morgan fingerprint density at radius 2 is 2.27 bits per heavy atom. The smallest absolute Gasteiger partial charge is 0.130 e. The molecule has 0 aliphatic carbocycles. The molecule has 0 saturated carbocycles. The molecule has 0 radical (unpaired) electrons. The number of halogens is 2. The van der Waals surface area contributed by atoms with Crippen LogP contribution >= 0.6 is 11.6 Å². The number of hydrogen-bond donors (Lipinski definition) is 1. The van der Waals surface area contributed by atoms with Gasteiger partial charge in [0.2, 0.25) is 0 Å². The van der Waals surface area contributed by atoms with Gasteiger partial charge in [-0.1, -0.05) is 30.2 Å². The van der Waals surface area contributed by atoms with Crippen molar-refractivity contribution in [1.82, 2.24) is 5.32 Å². The zero-order valence-corrected chi connectivity index (χ0v) is 9.74. The highest BCUT2D eigenvalue weighted by atomic mass is 35.5. The van der Waals surface area contributed by atoms with Crippen LogP contribution in [0.5, 0.6) is 0 Å². The van der Waals surface area contributed by atoms with Crippen molar-refractivity contribution in [3.8, 4) is 0 Å². The maximum atomic E-state index is 13.3. The van der Waals surface area contributed by atoms with E-state index >= 15 is 0 Å². The van der Waals surface area contributed by atoms with Gasteiger partial charge in [0.05, 0.1) is 0 Å². The van der Waals surface area contributed by atoms with Gasteiger partial charge in [-0.05, 0) is 31.7 Å². The summed E-state index contributed by atoms with van der Waals surface area (Å²) in [4.78, 5) is 0. The van der Waals surface area contributed by atoms with Gasteiger partial charge < -0.3 is 5.32 Å². The van der Waals surface area contributed by atoms with Crippen LogP contribution in [0.15, 0.2) is 23.8 Å². The third-order valence-electron chi connectivity index (χ3n) is 2.01. The van der Waals surface area contributed by atoms with Crippen molar-refractivity contribution in [2.24, 2.45) is 0 Å². The summed E-state index contributed by atoms with van der Waals surface area (Å²) >= 11 is 5.79. The highest BCUT2D eigenvalue weighted by Crippen LogP contribution is 2.17. The Labute approximate surface area is 95.0 Å². The molecule has 0 unspecified atom stereocenters. The molecular weight excluding hydrogens is 213 g/mol. The van der Waals surface area contributed by atoms with Gasteiger partial charge in [0.25, 0.3) is 0 Å². The van der Waals surface area contributed by atoms with E-state index < -0.39 is 0 Å². The summed E-state index contributed by atoms with van der Waals surface area (Å²) < 4.78 is 13.3. The average Bonchev–Trinajstić information content (AvgIpc) is 2.20. The van der Waals surface area contributed by atoms with Crippen molar-refractivity contribution < 1.29 is 4.39 Å². The summed E-state index contributed by atoms with van der Waals surface area (Å²) in [5.74, 6) is -0.241. The summed E-state index contributed by atoms with van der Waals surface area (Å²) in [5, 5.41) is 3.73. The highest BCUT2D eigenvalue weighted by Gasteiger charge is 2.00. The van der Waals surface area contributed by atoms with Crippen LogP contribution in [0, 0.1) is 5.82 Å². The number of nitrogens with one attached hydrogen (secondary N) is 1. The second kappa shape index (κ2) is 5.89. The maximum Gasteiger partial charge on any atom is 0.130 e. The van der Waals surface area contributed by atoms with Crippen LogP contribution in [-0.2, 0) is 0 Å². The molecule has 0 spiro atoms. The van der Waals surface area contributed by atoms with Crippen molar-refractivity contribution in [1.29, 1.82) is 0 Å². The topological polar surface area (TPSA) is 12.0 Å². The van der Waals surface area contributed by atoms with Gasteiger partial charge >= 0.3 is 0 Å². The Morgan fingerprint density at radius 1 is 1.53 bits per heavy atom. The summed E-state index contributed by atoms with van der Waals surface area (Å²) in [6.45, 7) is 5.67. The highest BCUT2D eigenvalue weighted by molar-refractivity contribution is 6.30. The largest absolute Gasteiger partial charge is 0.313 e. The lowest BCUT2D eigenvalue weighted by atomic mass is 10.1. The fourth-order valence-corrected chi connectivity index (χ4v) is 1.44. The summed E-state index contributed by atoms with van der Waals surface area (Å²) in [5.41, 5.74) is 1.62. The molecule has 1 nitrogen and oxygen atoms in total. The number of benzene rings is 1. The molecule has 0 heterocycles. The molecule has 0 amide bonds. The minimum Gasteiger partial charge on any atom is -0.313 e. The van der Waals surface area contributed by atoms with E-state index in [1.165, 1.54) is 6.07 Å². The van der Waals surface area contributed by atoms with Gasteiger partial charge in [0.1, 0.15) is 5.82 Å². The molecule has 0 atom stereocenters. The van der Waals surface area contributed by atoms with Crippen LogP contribution in [0.25, 0.3) is 6.08 Å². The molecule has 1 aromatic rings. The quantitative estimate of drug-likeness (QED) is 0.830. The SMILES string of the molecule is CCNC/C(C)=C/c1cc(Cl)ccc1F. The van der Waals surface area contributed by atoms with Crippen LogP contribution in [0.3, 0.4) is 0 Å². The number of hydrogen-bond acceptors (Lipinski definition) is 1. The zero-order valence-electron chi connectivity index (χ0n) is 8.98. The summed E-state index contributed by atoms with van der Waals surface area (Å²) in [6, 6.07) is 4.56. The Hall–Kier alpha value is -0.860. The molecule has 0 aromatic heterocycles. The molecule has 0 aliphatic heterocycles. The van der Waals surface area contributed by atoms with Crippen molar-refractivity contribution in [2.45, 2.75) is 13.8 Å². The molecule has 3 heteroatoms. The first-order chi connectivity index (χ1) is 7.13. The van der Waals surface area contributed by atoms with Crippen molar-refractivity contribution in [3.05, 3.63) is 40.2 Å². The Bertz CT molecular complexity index is 361. The molecule has 1 aromatic carbocycles. The van der Waals surface area contributed by atoms with Gasteiger partial charge in [-0.2, -0.15) is 0 Å². The molecule has 0 aliphatic rings. The van der Waals surface area contributed by atoms with E-state index in [9.17, 15) is 4.39 Å². The van der Waals surface area contributed by atoms with Crippen molar-refractivity contribution in [2.75, 3.05) is 13.1 Å². The molecule has 0 bridgehead atoms. The van der Waals surface area contributed by atoms with Gasteiger partial charge in [-0.15, -0.1) is 0 Å². The second-order valence-electron chi connectivity index (χ2n) is 3.44. The fraction of sp³-hybridized carbons (Fsp3) is 0.333. The zero-order chi connectivity index (χ0) is 11.3. The molecule has 15 heavy (non-hydrogen) atoms. The summed E-state index contributed by atoms with van der Waals surface area (Å²) in [7, 11) is 0. The average molecular weight is 228 g/mol. The van der Waals surface area contributed by atoms with Crippen LogP contribution in [0.1, 0.15) is 19.4 Å². The lowest BCUT2D eigenvalue weighted by Crippen LogP contribution is -2.14. The van der Waals surface area contributed by atoms with Gasteiger partial charge in [0, 0.05) is 17.1 Å². The minimum absolute atomic E-state index is 0.241.